The Morgan fingerprint density at radius 2 is 1.35 bits per heavy atom. The molecule has 0 aromatic heterocycles. The number of nitrogens with one attached hydrogen (secondary N) is 3. The summed E-state index contributed by atoms with van der Waals surface area (Å²) in [6, 6.07) is 15.4. The van der Waals surface area contributed by atoms with E-state index in [2.05, 4.69) is 16.0 Å². The lowest BCUT2D eigenvalue weighted by Crippen LogP contribution is -2.58. The first-order valence-corrected chi connectivity index (χ1v) is 17.6. The number of thioether (sulfide) groups is 1. The fourth-order valence-corrected chi connectivity index (χ4v) is 6.37. The summed E-state index contributed by atoms with van der Waals surface area (Å²) in [6.45, 7) is 5.75. The number of hydrogen-bond donors (Lipinski definition) is 5. The van der Waals surface area contributed by atoms with Gasteiger partial charge in [-0.2, -0.15) is 11.8 Å². The molecule has 0 saturated carbocycles. The van der Waals surface area contributed by atoms with Crippen molar-refractivity contribution in [3.8, 4) is 0 Å². The van der Waals surface area contributed by atoms with Crippen LogP contribution in [-0.4, -0.2) is 83.8 Å². The normalized spacial score (nSPS) is 16.1. The topological polar surface area (TPSA) is 160 Å². The van der Waals surface area contributed by atoms with Crippen LogP contribution in [0.4, 0.5) is 0 Å². The van der Waals surface area contributed by atoms with Gasteiger partial charge in [0.15, 0.2) is 0 Å². The van der Waals surface area contributed by atoms with Crippen molar-refractivity contribution in [3.05, 3.63) is 71.8 Å². The van der Waals surface area contributed by atoms with Gasteiger partial charge in [0.1, 0.15) is 18.1 Å². The van der Waals surface area contributed by atoms with E-state index in [0.29, 0.717) is 45.3 Å². The molecule has 1 fully saturated rings. The van der Waals surface area contributed by atoms with Crippen molar-refractivity contribution in [2.75, 3.05) is 31.1 Å². The van der Waals surface area contributed by atoms with Gasteiger partial charge in [0.25, 0.3) is 0 Å². The van der Waals surface area contributed by atoms with Crippen LogP contribution in [0.3, 0.4) is 0 Å². The van der Waals surface area contributed by atoms with Crippen LogP contribution >= 0.6 is 11.8 Å². The fourth-order valence-electron chi connectivity index (χ4n) is 5.48. The molecule has 0 bridgehead atoms. The van der Waals surface area contributed by atoms with Crippen molar-refractivity contribution in [2.45, 2.75) is 83.0 Å². The lowest BCUT2D eigenvalue weighted by Gasteiger charge is -2.29. The summed E-state index contributed by atoms with van der Waals surface area (Å²) in [7, 11) is 0. The molecule has 252 valence electrons. The molecule has 1 aliphatic heterocycles. The third-order valence-corrected chi connectivity index (χ3v) is 9.03. The Labute approximate surface area is 278 Å². The first-order chi connectivity index (χ1) is 22.2. The van der Waals surface area contributed by atoms with Crippen molar-refractivity contribution >= 4 is 35.4 Å². The van der Waals surface area contributed by atoms with Gasteiger partial charge in [0, 0.05) is 25.3 Å². The molecule has 2 aromatic rings. The molecule has 1 saturated heterocycles. The van der Waals surface area contributed by atoms with Crippen LogP contribution in [0, 0.1) is 5.92 Å². The highest BCUT2D eigenvalue weighted by atomic mass is 32.2. The first-order valence-electron chi connectivity index (χ1n) is 16.5. The summed E-state index contributed by atoms with van der Waals surface area (Å²) in [5.41, 5.74) is 13.7. The van der Waals surface area contributed by atoms with Crippen molar-refractivity contribution in [3.63, 3.8) is 0 Å². The van der Waals surface area contributed by atoms with Crippen LogP contribution in [0.2, 0.25) is 0 Å². The number of amides is 4. The number of nitrogens with zero attached hydrogens (tertiary/aromatic N) is 1. The Bertz CT molecular complexity index is 1220. The zero-order valence-electron chi connectivity index (χ0n) is 27.3. The van der Waals surface area contributed by atoms with Gasteiger partial charge in [0.05, 0.1) is 6.04 Å². The molecule has 2 aromatic carbocycles. The van der Waals surface area contributed by atoms with Gasteiger partial charge in [-0.15, -0.1) is 0 Å². The molecule has 1 heterocycles. The second-order valence-corrected chi connectivity index (χ2v) is 13.6. The first kappa shape index (κ1) is 37.1. The van der Waals surface area contributed by atoms with Gasteiger partial charge in [-0.25, -0.2) is 0 Å². The molecule has 0 spiro atoms. The van der Waals surface area contributed by atoms with E-state index < -0.39 is 41.9 Å². The average Bonchev–Trinajstić information content (AvgIpc) is 3.34. The predicted molar refractivity (Wildman–Crippen MR) is 185 cm³/mol. The number of rotatable bonds is 17. The number of benzene rings is 2. The highest BCUT2D eigenvalue weighted by Crippen LogP contribution is 2.15. The van der Waals surface area contributed by atoms with E-state index in [-0.39, 0.29) is 18.2 Å². The van der Waals surface area contributed by atoms with Crippen LogP contribution < -0.4 is 27.4 Å². The number of nitrogens with two attached hydrogens (primary N) is 2. The van der Waals surface area contributed by atoms with Gasteiger partial charge in [-0.05, 0) is 67.9 Å². The van der Waals surface area contributed by atoms with Crippen LogP contribution in [-0.2, 0) is 32.0 Å². The summed E-state index contributed by atoms with van der Waals surface area (Å²) in [5, 5.41) is 8.73. The highest BCUT2D eigenvalue weighted by molar-refractivity contribution is 7.99. The summed E-state index contributed by atoms with van der Waals surface area (Å²) in [6.07, 6.45) is 3.73. The molecule has 46 heavy (non-hydrogen) atoms. The van der Waals surface area contributed by atoms with Gasteiger partial charge in [-0.1, -0.05) is 74.5 Å². The Balaban J connectivity index is 1.76. The Morgan fingerprint density at radius 1 is 0.761 bits per heavy atom. The number of carbonyl (C=O) groups excluding carboxylic acids is 4. The molecule has 4 amide bonds. The third kappa shape index (κ3) is 12.8. The minimum Gasteiger partial charge on any atom is -0.343 e. The highest BCUT2D eigenvalue weighted by Gasteiger charge is 2.32. The molecule has 4 atom stereocenters. The minimum atomic E-state index is -0.962. The monoisotopic (exact) mass is 652 g/mol. The molecule has 11 heteroatoms. The van der Waals surface area contributed by atoms with Crippen LogP contribution in [0.1, 0.15) is 57.1 Å². The molecule has 10 nitrogen and oxygen atoms in total. The summed E-state index contributed by atoms with van der Waals surface area (Å²) in [4.78, 5) is 56.3. The Hall–Kier alpha value is -3.41. The summed E-state index contributed by atoms with van der Waals surface area (Å²) >= 11 is 1.83. The minimum absolute atomic E-state index is 0.0755. The van der Waals surface area contributed by atoms with Crippen LogP contribution in [0.15, 0.2) is 60.7 Å². The van der Waals surface area contributed by atoms with E-state index in [1.165, 1.54) is 0 Å². The molecule has 3 rings (SSSR count). The molecule has 0 radical (unpaired) electrons. The second kappa shape index (κ2) is 20.0. The van der Waals surface area contributed by atoms with Gasteiger partial charge in [-0.3, -0.25) is 19.2 Å². The number of unbranched alkanes of at least 4 members (excludes halogenated alkanes) is 1. The predicted octanol–water partition coefficient (Wildman–Crippen LogP) is 2.39. The molecule has 7 N–H and O–H groups in total. The Morgan fingerprint density at radius 3 is 1.98 bits per heavy atom. The average molecular weight is 653 g/mol. The fraction of sp³-hybridized carbons (Fsp3) is 0.543. The van der Waals surface area contributed by atoms with Gasteiger partial charge < -0.3 is 32.3 Å². The lowest BCUT2D eigenvalue weighted by atomic mass is 9.99. The zero-order chi connectivity index (χ0) is 33.3. The number of hydrogen-bond acceptors (Lipinski definition) is 7. The summed E-state index contributed by atoms with van der Waals surface area (Å²) in [5.74, 6) is 0.504. The van der Waals surface area contributed by atoms with E-state index in [9.17, 15) is 19.2 Å². The summed E-state index contributed by atoms with van der Waals surface area (Å²) < 4.78 is 0. The smallest absolute Gasteiger partial charge is 0.245 e. The largest absolute Gasteiger partial charge is 0.343 e. The quantitative estimate of drug-likeness (QED) is 0.164. The van der Waals surface area contributed by atoms with Crippen molar-refractivity contribution in [1.82, 2.24) is 20.9 Å². The standard InChI is InChI=1S/C35H52N6O4S/c1-25(2)22-30(33(43)38-29(16-9-10-17-36)35(45)41-18-11-20-46-21-19-41)40-34(44)31(24-27-14-7-4-8-15-27)39-32(42)28(37)23-26-12-5-3-6-13-26/h3-8,12-15,25,28-31H,9-11,16-24,36-37H2,1-2H3,(H,38,43)(H,39,42)(H,40,44)/t28-,29-,30-,31-/m1/s1. The lowest BCUT2D eigenvalue weighted by molar-refractivity contribution is -0.138. The van der Waals surface area contributed by atoms with Gasteiger partial charge in [0.2, 0.25) is 23.6 Å². The van der Waals surface area contributed by atoms with E-state index in [0.717, 1.165) is 35.5 Å². The second-order valence-electron chi connectivity index (χ2n) is 12.4. The van der Waals surface area contributed by atoms with E-state index in [1.807, 2.05) is 91.2 Å². The van der Waals surface area contributed by atoms with Gasteiger partial charge >= 0.3 is 0 Å². The SMILES string of the molecule is CC(C)C[C@@H](NC(=O)[C@@H](Cc1ccccc1)NC(=O)[C@H](N)Cc1ccccc1)C(=O)N[C@H](CCCCN)C(=O)N1CCCSCC1. The maximum absolute atomic E-state index is 13.8. The van der Waals surface area contributed by atoms with Crippen molar-refractivity contribution in [1.29, 1.82) is 0 Å². The molecule has 0 unspecified atom stereocenters. The Kier molecular flexibility index (Phi) is 16.1. The maximum Gasteiger partial charge on any atom is 0.245 e. The molecule has 0 aliphatic carbocycles. The van der Waals surface area contributed by atoms with Crippen LogP contribution in [0.5, 0.6) is 0 Å². The van der Waals surface area contributed by atoms with E-state index in [4.69, 9.17) is 11.5 Å². The van der Waals surface area contributed by atoms with Crippen molar-refractivity contribution < 1.29 is 19.2 Å². The number of carbonyl (C=O) groups is 4. The van der Waals surface area contributed by atoms with E-state index >= 15 is 0 Å². The zero-order valence-corrected chi connectivity index (χ0v) is 28.1. The van der Waals surface area contributed by atoms with Crippen molar-refractivity contribution in [2.24, 2.45) is 17.4 Å². The third-order valence-electron chi connectivity index (χ3n) is 7.99. The van der Waals surface area contributed by atoms with Crippen LogP contribution in [0.25, 0.3) is 0 Å². The molecule has 1 aliphatic rings. The van der Waals surface area contributed by atoms with E-state index in [1.54, 1.807) is 0 Å². The maximum atomic E-state index is 13.8. The molecular weight excluding hydrogens is 600 g/mol. The molecular formula is C35H52N6O4S.